The molecule has 1 aliphatic rings. The lowest BCUT2D eigenvalue weighted by molar-refractivity contribution is -0.124. The number of carbonyl (C=O) groups is 1. The lowest BCUT2D eigenvalue weighted by Gasteiger charge is -2.16. The summed E-state index contributed by atoms with van der Waals surface area (Å²) in [5, 5.41) is 6.13. The van der Waals surface area contributed by atoms with Gasteiger partial charge in [0.15, 0.2) is 0 Å². The average molecular weight is 433 g/mol. The lowest BCUT2D eigenvalue weighted by atomic mass is 10.1. The third kappa shape index (κ3) is 4.49. The summed E-state index contributed by atoms with van der Waals surface area (Å²) in [7, 11) is 0. The van der Waals surface area contributed by atoms with Crippen molar-refractivity contribution in [3.05, 3.63) is 80.7 Å². The number of nitrogen functional groups attached to an aromatic ring is 1. The number of aryl methyl sites for hydroxylation is 4. The number of carbonyl (C=O) groups excluding carboxylic acids is 1. The van der Waals surface area contributed by atoms with Crippen molar-refractivity contribution in [2.75, 3.05) is 11.1 Å². The molecule has 32 heavy (non-hydrogen) atoms. The summed E-state index contributed by atoms with van der Waals surface area (Å²) in [6.07, 6.45) is 2.71. The Bertz CT molecular complexity index is 1210. The van der Waals surface area contributed by atoms with Crippen LogP contribution < -0.4 is 21.9 Å². The number of aromatic nitrogens is 3. The molecule has 0 saturated heterocycles. The molecule has 1 aromatic carbocycles. The van der Waals surface area contributed by atoms with Gasteiger partial charge in [0.1, 0.15) is 23.4 Å². The highest BCUT2D eigenvalue weighted by atomic mass is 16.2. The predicted octanol–water partition coefficient (Wildman–Crippen LogP) is 2.56. The minimum absolute atomic E-state index is 0.199. The molecule has 0 bridgehead atoms. The molecular formula is C24H28N6O2. The second-order valence-electron chi connectivity index (χ2n) is 8.37. The monoisotopic (exact) mass is 432 g/mol. The summed E-state index contributed by atoms with van der Waals surface area (Å²) in [6, 6.07) is 9.27. The summed E-state index contributed by atoms with van der Waals surface area (Å²) in [6.45, 7) is 6.79. The summed E-state index contributed by atoms with van der Waals surface area (Å²) in [4.78, 5) is 34.7. The molecule has 0 spiro atoms. The van der Waals surface area contributed by atoms with E-state index in [0.29, 0.717) is 43.3 Å². The van der Waals surface area contributed by atoms with Crippen molar-refractivity contribution in [2.45, 2.75) is 52.7 Å². The number of pyridine rings is 1. The Hall–Kier alpha value is -3.68. The maximum Gasteiger partial charge on any atom is 0.277 e. The molecule has 166 valence electrons. The van der Waals surface area contributed by atoms with E-state index in [-0.39, 0.29) is 11.5 Å². The van der Waals surface area contributed by atoms with Crippen LogP contribution in [0, 0.1) is 20.8 Å². The highest BCUT2D eigenvalue weighted by molar-refractivity contribution is 5.81. The molecule has 4 rings (SSSR count). The molecule has 1 aliphatic heterocycles. The maximum absolute atomic E-state index is 13.2. The van der Waals surface area contributed by atoms with Crippen molar-refractivity contribution in [3.63, 3.8) is 0 Å². The average Bonchev–Trinajstić information content (AvgIpc) is 3.17. The van der Waals surface area contributed by atoms with Gasteiger partial charge in [-0.2, -0.15) is 0 Å². The Labute approximate surface area is 186 Å². The van der Waals surface area contributed by atoms with Gasteiger partial charge in [-0.3, -0.25) is 14.2 Å². The van der Waals surface area contributed by atoms with Crippen LogP contribution in [-0.4, -0.2) is 20.4 Å². The van der Waals surface area contributed by atoms with Crippen LogP contribution in [0.5, 0.6) is 0 Å². The fourth-order valence-electron chi connectivity index (χ4n) is 4.24. The number of hydrogen-bond acceptors (Lipinski definition) is 6. The van der Waals surface area contributed by atoms with Gasteiger partial charge in [0.25, 0.3) is 5.56 Å². The molecule has 1 unspecified atom stereocenters. The van der Waals surface area contributed by atoms with Gasteiger partial charge in [-0.15, -0.1) is 0 Å². The van der Waals surface area contributed by atoms with E-state index in [2.05, 4.69) is 38.8 Å². The molecule has 3 heterocycles. The second-order valence-corrected chi connectivity index (χ2v) is 8.37. The van der Waals surface area contributed by atoms with E-state index in [1.165, 1.54) is 15.7 Å². The fourth-order valence-corrected chi connectivity index (χ4v) is 4.24. The van der Waals surface area contributed by atoms with Crippen molar-refractivity contribution in [1.82, 2.24) is 19.9 Å². The number of nitrogens with zero attached hydrogens (tertiary/aromatic N) is 3. The topological polar surface area (TPSA) is 115 Å². The van der Waals surface area contributed by atoms with Crippen LogP contribution >= 0.6 is 0 Å². The smallest absolute Gasteiger partial charge is 0.277 e. The van der Waals surface area contributed by atoms with E-state index in [4.69, 9.17) is 5.73 Å². The first-order chi connectivity index (χ1) is 15.3. The minimum atomic E-state index is -0.574. The molecular weight excluding hydrogens is 404 g/mol. The second kappa shape index (κ2) is 8.82. The van der Waals surface area contributed by atoms with Crippen molar-refractivity contribution in [2.24, 2.45) is 0 Å². The zero-order valence-corrected chi connectivity index (χ0v) is 18.6. The van der Waals surface area contributed by atoms with Gasteiger partial charge in [-0.1, -0.05) is 35.4 Å². The predicted molar refractivity (Wildman–Crippen MR) is 124 cm³/mol. The van der Waals surface area contributed by atoms with Gasteiger partial charge in [-0.05, 0) is 44.4 Å². The van der Waals surface area contributed by atoms with Crippen molar-refractivity contribution < 1.29 is 4.79 Å². The number of fused-ring (bicyclic) bond motifs is 1. The van der Waals surface area contributed by atoms with E-state index >= 15 is 0 Å². The Morgan fingerprint density at radius 2 is 1.91 bits per heavy atom. The molecule has 3 aromatic rings. The zero-order chi connectivity index (χ0) is 22.8. The first-order valence-electron chi connectivity index (χ1n) is 10.7. The summed E-state index contributed by atoms with van der Waals surface area (Å²) >= 11 is 0. The van der Waals surface area contributed by atoms with E-state index in [9.17, 15) is 9.59 Å². The molecule has 2 aromatic heterocycles. The fraction of sp³-hybridized carbons (Fsp3) is 0.333. The van der Waals surface area contributed by atoms with Crippen LogP contribution in [0.25, 0.3) is 0 Å². The quantitative estimate of drug-likeness (QED) is 0.551. The Morgan fingerprint density at radius 3 is 2.62 bits per heavy atom. The largest absolute Gasteiger partial charge is 0.384 e. The number of anilines is 2. The normalized spacial score (nSPS) is 14.8. The van der Waals surface area contributed by atoms with Crippen LogP contribution in [0.15, 0.2) is 41.3 Å². The summed E-state index contributed by atoms with van der Waals surface area (Å²) < 4.78 is 1.52. The van der Waals surface area contributed by atoms with Gasteiger partial charge in [-0.25, -0.2) is 9.97 Å². The molecule has 4 N–H and O–H groups in total. The van der Waals surface area contributed by atoms with Crippen LogP contribution in [0.4, 0.5) is 11.5 Å². The number of rotatable bonds is 6. The SMILES string of the molecule is Cc1cc(C)cc(CNc2cnc3n(c2=O)C(C(=O)NCc2ccc(N)nc2C)CC3)c1. The number of nitrogens with one attached hydrogen (secondary N) is 2. The molecule has 0 aliphatic carbocycles. The standard InChI is InChI=1S/C24H28N6O2/c1-14-8-15(2)10-17(9-14)11-26-19-13-27-22-7-5-20(30(22)24(19)32)23(31)28-12-18-4-6-21(25)29-16(18)3/h4,6,8-10,13,20,26H,5,7,11-12H2,1-3H3,(H2,25,29)(H,28,31). The maximum atomic E-state index is 13.2. The van der Waals surface area contributed by atoms with Crippen LogP contribution in [-0.2, 0) is 24.3 Å². The lowest BCUT2D eigenvalue weighted by Crippen LogP contribution is -2.36. The molecule has 8 nitrogen and oxygen atoms in total. The third-order valence-corrected chi connectivity index (χ3v) is 5.76. The molecule has 8 heteroatoms. The van der Waals surface area contributed by atoms with Crippen LogP contribution in [0.2, 0.25) is 0 Å². The highest BCUT2D eigenvalue weighted by Gasteiger charge is 2.31. The van der Waals surface area contributed by atoms with Crippen molar-refractivity contribution in [1.29, 1.82) is 0 Å². The van der Waals surface area contributed by atoms with E-state index in [1.54, 1.807) is 12.3 Å². The Kier molecular flexibility index (Phi) is 5.94. The number of nitrogens with two attached hydrogens (primary N) is 1. The van der Waals surface area contributed by atoms with Crippen molar-refractivity contribution in [3.8, 4) is 0 Å². The van der Waals surface area contributed by atoms with Gasteiger partial charge < -0.3 is 16.4 Å². The zero-order valence-electron chi connectivity index (χ0n) is 18.6. The first-order valence-corrected chi connectivity index (χ1v) is 10.7. The Balaban J connectivity index is 1.49. The van der Waals surface area contributed by atoms with Crippen LogP contribution in [0.3, 0.4) is 0 Å². The highest BCUT2D eigenvalue weighted by Crippen LogP contribution is 2.23. The molecule has 0 fully saturated rings. The minimum Gasteiger partial charge on any atom is -0.384 e. The first kappa shape index (κ1) is 21.5. The van der Waals surface area contributed by atoms with Crippen molar-refractivity contribution >= 4 is 17.4 Å². The number of amides is 1. The molecule has 0 radical (unpaired) electrons. The van der Waals surface area contributed by atoms with E-state index in [1.807, 2.05) is 26.8 Å². The summed E-state index contributed by atoms with van der Waals surface area (Å²) in [5.74, 6) is 0.883. The Morgan fingerprint density at radius 1 is 1.16 bits per heavy atom. The van der Waals surface area contributed by atoms with Gasteiger partial charge in [0, 0.05) is 25.2 Å². The molecule has 1 amide bonds. The summed E-state index contributed by atoms with van der Waals surface area (Å²) in [5.41, 5.74) is 11.0. The van der Waals surface area contributed by atoms with Gasteiger partial charge in [0.05, 0.1) is 6.20 Å². The van der Waals surface area contributed by atoms with E-state index < -0.39 is 6.04 Å². The third-order valence-electron chi connectivity index (χ3n) is 5.76. The number of hydrogen-bond donors (Lipinski definition) is 3. The molecule has 0 saturated carbocycles. The molecule has 1 atom stereocenters. The van der Waals surface area contributed by atoms with Crippen LogP contribution in [0.1, 0.15) is 46.2 Å². The van der Waals surface area contributed by atoms with Gasteiger partial charge in [0.2, 0.25) is 5.91 Å². The number of benzene rings is 1. The van der Waals surface area contributed by atoms with Gasteiger partial charge >= 0.3 is 0 Å². The van der Waals surface area contributed by atoms with E-state index in [0.717, 1.165) is 16.8 Å².